The molecule has 0 radical (unpaired) electrons. The number of carbonyl (C=O) groups excluding carboxylic acids is 1. The van der Waals surface area contributed by atoms with Gasteiger partial charge in [-0.3, -0.25) is 4.79 Å². The number of hydrogen-bond donors (Lipinski definition) is 1. The van der Waals surface area contributed by atoms with Gasteiger partial charge in [0.15, 0.2) is 6.61 Å². The van der Waals surface area contributed by atoms with Crippen LogP contribution in [0.5, 0.6) is 11.5 Å². The zero-order chi connectivity index (χ0) is 23.6. The minimum atomic E-state index is -0.176. The normalized spacial score (nSPS) is 10.9. The Morgan fingerprint density at radius 3 is 2.41 bits per heavy atom. The van der Waals surface area contributed by atoms with Gasteiger partial charge in [-0.05, 0) is 61.2 Å². The van der Waals surface area contributed by atoms with Crippen LogP contribution in [0, 0.1) is 0 Å². The van der Waals surface area contributed by atoms with Gasteiger partial charge in [-0.2, -0.15) is 0 Å². The average molecular weight is 458 g/mol. The molecule has 34 heavy (non-hydrogen) atoms. The highest BCUT2D eigenvalue weighted by Gasteiger charge is 2.12. The van der Waals surface area contributed by atoms with Crippen LogP contribution in [-0.4, -0.2) is 28.7 Å². The average Bonchev–Trinajstić information content (AvgIpc) is 3.24. The molecule has 0 saturated heterocycles. The summed E-state index contributed by atoms with van der Waals surface area (Å²) in [5.74, 6) is 2.25. The molecule has 0 bridgehead atoms. The molecule has 0 atom stereocenters. The Hall–Kier alpha value is -3.80. The minimum absolute atomic E-state index is 0.0270. The lowest BCUT2D eigenvalue weighted by molar-refractivity contribution is -0.123. The van der Waals surface area contributed by atoms with Crippen molar-refractivity contribution in [3.63, 3.8) is 0 Å². The van der Waals surface area contributed by atoms with Crippen molar-refractivity contribution >= 4 is 16.9 Å². The van der Waals surface area contributed by atoms with Gasteiger partial charge >= 0.3 is 0 Å². The number of imidazole rings is 1. The molecule has 6 nitrogen and oxygen atoms in total. The van der Waals surface area contributed by atoms with Gasteiger partial charge in [-0.1, -0.05) is 49.4 Å². The largest absolute Gasteiger partial charge is 0.494 e. The van der Waals surface area contributed by atoms with Crippen LogP contribution in [0.2, 0.25) is 0 Å². The number of aryl methyl sites for hydroxylation is 2. The van der Waals surface area contributed by atoms with Crippen LogP contribution >= 0.6 is 0 Å². The lowest BCUT2D eigenvalue weighted by Crippen LogP contribution is -2.29. The maximum Gasteiger partial charge on any atom is 0.258 e. The van der Waals surface area contributed by atoms with Crippen molar-refractivity contribution in [3.05, 3.63) is 90.3 Å². The molecule has 0 aliphatic heterocycles. The van der Waals surface area contributed by atoms with Crippen molar-refractivity contribution in [1.29, 1.82) is 0 Å². The van der Waals surface area contributed by atoms with E-state index in [1.54, 1.807) is 0 Å². The minimum Gasteiger partial charge on any atom is -0.494 e. The van der Waals surface area contributed by atoms with Gasteiger partial charge < -0.3 is 19.4 Å². The summed E-state index contributed by atoms with van der Waals surface area (Å²) in [6.07, 6.45) is 2.91. The molecule has 4 rings (SSSR count). The Bertz CT molecular complexity index is 1190. The van der Waals surface area contributed by atoms with Gasteiger partial charge in [0.2, 0.25) is 0 Å². The standard InChI is InChI=1S/C28H31N3O3/c1-2-22-14-16-24(17-15-22)33-19-9-8-18-31-26-13-7-6-12-25(26)30-27(31)20-29-28(32)21-34-23-10-4-3-5-11-23/h3-7,10-17H,2,8-9,18-21H2,1H3,(H,29,32). The van der Waals surface area contributed by atoms with Crippen molar-refractivity contribution in [2.45, 2.75) is 39.3 Å². The zero-order valence-corrected chi connectivity index (χ0v) is 19.6. The highest BCUT2D eigenvalue weighted by molar-refractivity contribution is 5.78. The fourth-order valence-electron chi connectivity index (χ4n) is 3.79. The van der Waals surface area contributed by atoms with Crippen molar-refractivity contribution < 1.29 is 14.3 Å². The number of aromatic nitrogens is 2. The maximum absolute atomic E-state index is 12.3. The molecule has 0 saturated carbocycles. The second-order valence-electron chi connectivity index (χ2n) is 8.10. The molecule has 6 heteroatoms. The quantitative estimate of drug-likeness (QED) is 0.299. The maximum atomic E-state index is 12.3. The van der Waals surface area contributed by atoms with E-state index in [0.717, 1.165) is 48.4 Å². The fourth-order valence-corrected chi connectivity index (χ4v) is 3.79. The Kier molecular flexibility index (Phi) is 8.17. The molecule has 1 aromatic heterocycles. The van der Waals surface area contributed by atoms with E-state index in [1.165, 1.54) is 5.56 Å². The van der Waals surface area contributed by atoms with Crippen LogP contribution < -0.4 is 14.8 Å². The third-order valence-electron chi connectivity index (χ3n) is 5.67. The van der Waals surface area contributed by atoms with Crippen molar-refractivity contribution in [3.8, 4) is 11.5 Å². The molecule has 0 aliphatic carbocycles. The van der Waals surface area contributed by atoms with Crippen molar-refractivity contribution in [2.24, 2.45) is 0 Å². The summed E-state index contributed by atoms with van der Waals surface area (Å²) in [5.41, 5.74) is 3.31. The van der Waals surface area contributed by atoms with Crippen LogP contribution in [-0.2, 0) is 24.3 Å². The molecule has 176 valence electrons. The number of carbonyl (C=O) groups is 1. The lowest BCUT2D eigenvalue weighted by atomic mass is 10.2. The first-order valence-corrected chi connectivity index (χ1v) is 11.8. The number of amides is 1. The molecule has 0 fully saturated rings. The van der Waals surface area contributed by atoms with Gasteiger partial charge in [0, 0.05) is 6.54 Å². The number of ether oxygens (including phenoxy) is 2. The predicted molar refractivity (Wildman–Crippen MR) is 134 cm³/mol. The van der Waals surface area contributed by atoms with Crippen LogP contribution in [0.4, 0.5) is 0 Å². The predicted octanol–water partition coefficient (Wildman–Crippen LogP) is 5.15. The molecule has 0 unspecified atom stereocenters. The van der Waals surface area contributed by atoms with Crippen LogP contribution in [0.3, 0.4) is 0 Å². The summed E-state index contributed by atoms with van der Waals surface area (Å²) >= 11 is 0. The smallest absolute Gasteiger partial charge is 0.258 e. The van der Waals surface area contributed by atoms with E-state index in [4.69, 9.17) is 14.5 Å². The summed E-state index contributed by atoms with van der Waals surface area (Å²) in [5, 5.41) is 2.93. The van der Waals surface area contributed by atoms with E-state index < -0.39 is 0 Å². The monoisotopic (exact) mass is 457 g/mol. The van der Waals surface area contributed by atoms with E-state index >= 15 is 0 Å². The second-order valence-corrected chi connectivity index (χ2v) is 8.10. The van der Waals surface area contributed by atoms with E-state index in [-0.39, 0.29) is 12.5 Å². The second kappa shape index (κ2) is 11.9. The van der Waals surface area contributed by atoms with Gasteiger partial charge in [0.1, 0.15) is 17.3 Å². The zero-order valence-electron chi connectivity index (χ0n) is 19.6. The highest BCUT2D eigenvalue weighted by atomic mass is 16.5. The molecule has 1 amide bonds. The molecule has 1 N–H and O–H groups in total. The number of unbranched alkanes of at least 4 members (excludes halogenated alkanes) is 1. The Labute approximate surface area is 200 Å². The van der Waals surface area contributed by atoms with Crippen LogP contribution in [0.15, 0.2) is 78.9 Å². The van der Waals surface area contributed by atoms with Gasteiger partial charge in [0.05, 0.1) is 24.2 Å². The summed E-state index contributed by atoms with van der Waals surface area (Å²) in [6.45, 7) is 3.95. The number of fused-ring (bicyclic) bond motifs is 1. The lowest BCUT2D eigenvalue weighted by Gasteiger charge is -2.11. The van der Waals surface area contributed by atoms with Crippen molar-refractivity contribution in [1.82, 2.24) is 14.9 Å². The number of benzene rings is 3. The molecule has 0 aliphatic rings. The third kappa shape index (κ3) is 6.38. The van der Waals surface area contributed by atoms with E-state index in [9.17, 15) is 4.79 Å². The Balaban J connectivity index is 1.29. The fraction of sp³-hybridized carbons (Fsp3) is 0.286. The molecule has 4 aromatic rings. The molecular formula is C28H31N3O3. The topological polar surface area (TPSA) is 65.4 Å². The van der Waals surface area contributed by atoms with Crippen LogP contribution in [0.25, 0.3) is 11.0 Å². The first-order chi connectivity index (χ1) is 16.7. The summed E-state index contributed by atoms with van der Waals surface area (Å²) < 4.78 is 13.6. The first-order valence-electron chi connectivity index (χ1n) is 11.8. The van der Waals surface area contributed by atoms with Crippen LogP contribution in [0.1, 0.15) is 31.2 Å². The number of rotatable bonds is 12. The SMILES string of the molecule is CCc1ccc(OCCCCn2c(CNC(=O)COc3ccccc3)nc3ccccc32)cc1. The van der Waals surface area contributed by atoms with Gasteiger partial charge in [-0.25, -0.2) is 4.98 Å². The first kappa shape index (κ1) is 23.4. The summed E-state index contributed by atoms with van der Waals surface area (Å²) in [4.78, 5) is 17.0. The van der Waals surface area contributed by atoms with Crippen molar-refractivity contribution in [2.75, 3.05) is 13.2 Å². The number of nitrogens with zero attached hydrogens (tertiary/aromatic N) is 2. The number of hydrogen-bond acceptors (Lipinski definition) is 4. The Morgan fingerprint density at radius 2 is 1.62 bits per heavy atom. The molecule has 0 spiro atoms. The molecule has 3 aromatic carbocycles. The molecule has 1 heterocycles. The summed E-state index contributed by atoms with van der Waals surface area (Å²) in [7, 11) is 0. The number of para-hydroxylation sites is 3. The molecular weight excluding hydrogens is 426 g/mol. The third-order valence-corrected chi connectivity index (χ3v) is 5.67. The van der Waals surface area contributed by atoms with E-state index in [2.05, 4.69) is 35.0 Å². The van der Waals surface area contributed by atoms with Gasteiger partial charge in [0.25, 0.3) is 5.91 Å². The van der Waals surface area contributed by atoms with Gasteiger partial charge in [-0.15, -0.1) is 0 Å². The summed E-state index contributed by atoms with van der Waals surface area (Å²) in [6, 6.07) is 25.7. The number of nitrogens with one attached hydrogen (secondary N) is 1. The van der Waals surface area contributed by atoms with E-state index in [0.29, 0.717) is 18.9 Å². The Morgan fingerprint density at radius 1 is 0.882 bits per heavy atom. The van der Waals surface area contributed by atoms with E-state index in [1.807, 2.05) is 60.7 Å². The highest BCUT2D eigenvalue weighted by Crippen LogP contribution is 2.18.